The molecule has 1 heterocycles. The SMILES string of the molecule is Cc1cccc(CNc2nc(Cl)ncc2Cl)c1. The van der Waals surface area contributed by atoms with Gasteiger partial charge in [-0.1, -0.05) is 41.4 Å². The molecule has 0 fully saturated rings. The summed E-state index contributed by atoms with van der Waals surface area (Å²) in [7, 11) is 0. The fraction of sp³-hybridized carbons (Fsp3) is 0.167. The van der Waals surface area contributed by atoms with Crippen LogP contribution in [-0.4, -0.2) is 9.97 Å². The van der Waals surface area contributed by atoms with E-state index in [4.69, 9.17) is 23.2 Å². The van der Waals surface area contributed by atoms with Crippen molar-refractivity contribution in [3.05, 3.63) is 51.9 Å². The van der Waals surface area contributed by atoms with E-state index in [-0.39, 0.29) is 5.28 Å². The molecule has 0 atom stereocenters. The maximum absolute atomic E-state index is 5.95. The Kier molecular flexibility index (Phi) is 3.82. The Bertz CT molecular complexity index is 529. The highest BCUT2D eigenvalue weighted by molar-refractivity contribution is 6.33. The summed E-state index contributed by atoms with van der Waals surface area (Å²) in [6.45, 7) is 2.70. The van der Waals surface area contributed by atoms with Crippen molar-refractivity contribution >= 4 is 29.0 Å². The second-order valence-corrected chi connectivity index (χ2v) is 4.42. The largest absolute Gasteiger partial charge is 0.365 e. The number of nitrogens with one attached hydrogen (secondary N) is 1. The van der Waals surface area contributed by atoms with Gasteiger partial charge in [-0.3, -0.25) is 0 Å². The molecule has 0 saturated carbocycles. The molecule has 0 radical (unpaired) electrons. The maximum Gasteiger partial charge on any atom is 0.224 e. The average molecular weight is 268 g/mol. The van der Waals surface area contributed by atoms with E-state index < -0.39 is 0 Å². The van der Waals surface area contributed by atoms with Gasteiger partial charge in [-0.15, -0.1) is 0 Å². The first-order valence-corrected chi connectivity index (χ1v) is 5.88. The number of hydrogen-bond donors (Lipinski definition) is 1. The number of rotatable bonds is 3. The fourth-order valence-electron chi connectivity index (χ4n) is 1.48. The number of nitrogens with zero attached hydrogens (tertiary/aromatic N) is 2. The fourth-order valence-corrected chi connectivity index (χ4v) is 1.77. The number of anilines is 1. The molecule has 0 aliphatic heterocycles. The van der Waals surface area contributed by atoms with Crippen molar-refractivity contribution in [1.29, 1.82) is 0 Å². The minimum absolute atomic E-state index is 0.182. The number of aryl methyl sites for hydroxylation is 1. The van der Waals surface area contributed by atoms with Crippen molar-refractivity contribution in [2.45, 2.75) is 13.5 Å². The molecule has 0 bridgehead atoms. The van der Waals surface area contributed by atoms with E-state index >= 15 is 0 Å². The molecule has 0 aliphatic carbocycles. The van der Waals surface area contributed by atoms with Crippen LogP contribution in [0.2, 0.25) is 10.3 Å². The van der Waals surface area contributed by atoms with Crippen molar-refractivity contribution in [1.82, 2.24) is 9.97 Å². The minimum Gasteiger partial charge on any atom is -0.365 e. The minimum atomic E-state index is 0.182. The molecule has 0 unspecified atom stereocenters. The molecule has 17 heavy (non-hydrogen) atoms. The highest BCUT2D eigenvalue weighted by Gasteiger charge is 2.03. The lowest BCUT2D eigenvalue weighted by atomic mass is 10.1. The van der Waals surface area contributed by atoms with E-state index in [1.165, 1.54) is 11.8 Å². The molecule has 0 spiro atoms. The van der Waals surface area contributed by atoms with Crippen LogP contribution in [-0.2, 0) is 6.54 Å². The highest BCUT2D eigenvalue weighted by atomic mass is 35.5. The third kappa shape index (κ3) is 3.32. The van der Waals surface area contributed by atoms with E-state index in [2.05, 4.69) is 34.3 Å². The molecule has 5 heteroatoms. The molecule has 88 valence electrons. The van der Waals surface area contributed by atoms with Gasteiger partial charge in [0, 0.05) is 6.54 Å². The lowest BCUT2D eigenvalue weighted by Gasteiger charge is -2.07. The number of halogens is 2. The molecular formula is C12H11Cl2N3. The summed E-state index contributed by atoms with van der Waals surface area (Å²) in [4.78, 5) is 7.81. The molecule has 0 aliphatic rings. The van der Waals surface area contributed by atoms with Crippen LogP contribution in [0.3, 0.4) is 0 Å². The van der Waals surface area contributed by atoms with Crippen LogP contribution in [0, 0.1) is 6.92 Å². The molecule has 1 N–H and O–H groups in total. The Balaban J connectivity index is 2.09. The summed E-state index contributed by atoms with van der Waals surface area (Å²) in [5.74, 6) is 0.549. The van der Waals surface area contributed by atoms with Gasteiger partial charge in [0.2, 0.25) is 5.28 Å². The van der Waals surface area contributed by atoms with Gasteiger partial charge in [-0.2, -0.15) is 4.98 Å². The first-order chi connectivity index (χ1) is 8.15. The molecule has 1 aromatic carbocycles. The van der Waals surface area contributed by atoms with Gasteiger partial charge in [0.05, 0.1) is 6.20 Å². The first-order valence-electron chi connectivity index (χ1n) is 5.12. The van der Waals surface area contributed by atoms with Crippen LogP contribution in [0.25, 0.3) is 0 Å². The normalized spacial score (nSPS) is 10.3. The molecule has 0 saturated heterocycles. The van der Waals surface area contributed by atoms with Gasteiger partial charge in [-0.25, -0.2) is 4.98 Å². The summed E-state index contributed by atoms with van der Waals surface area (Å²) in [5.41, 5.74) is 2.38. The zero-order valence-electron chi connectivity index (χ0n) is 9.24. The second kappa shape index (κ2) is 5.34. The maximum atomic E-state index is 5.95. The van der Waals surface area contributed by atoms with Crippen molar-refractivity contribution in [2.24, 2.45) is 0 Å². The smallest absolute Gasteiger partial charge is 0.224 e. The summed E-state index contributed by atoms with van der Waals surface area (Å²) in [6, 6.07) is 8.21. The quantitative estimate of drug-likeness (QED) is 0.862. The molecule has 2 rings (SSSR count). The van der Waals surface area contributed by atoms with Crippen LogP contribution in [0.1, 0.15) is 11.1 Å². The third-order valence-corrected chi connectivity index (χ3v) is 2.72. The van der Waals surface area contributed by atoms with Crippen LogP contribution in [0.15, 0.2) is 30.5 Å². The average Bonchev–Trinajstić information content (AvgIpc) is 2.30. The summed E-state index contributed by atoms with van der Waals surface area (Å²) >= 11 is 11.7. The lowest BCUT2D eigenvalue weighted by molar-refractivity contribution is 1.08. The second-order valence-electron chi connectivity index (χ2n) is 3.68. The lowest BCUT2D eigenvalue weighted by Crippen LogP contribution is -2.02. The standard InChI is InChI=1S/C12H11Cl2N3/c1-8-3-2-4-9(5-8)6-15-11-10(13)7-16-12(14)17-11/h2-5,7H,6H2,1H3,(H,15,16,17). The summed E-state index contributed by atoms with van der Waals surface area (Å²) in [6.07, 6.45) is 1.48. The zero-order chi connectivity index (χ0) is 12.3. The molecular weight excluding hydrogens is 257 g/mol. The van der Waals surface area contributed by atoms with Gasteiger partial charge in [0.15, 0.2) is 0 Å². The van der Waals surface area contributed by atoms with E-state index in [1.807, 2.05) is 12.1 Å². The Morgan fingerprint density at radius 3 is 2.88 bits per heavy atom. The molecule has 3 nitrogen and oxygen atoms in total. The Hall–Kier alpha value is -1.32. The number of aromatic nitrogens is 2. The highest BCUT2D eigenvalue weighted by Crippen LogP contribution is 2.20. The van der Waals surface area contributed by atoms with Crippen molar-refractivity contribution in [2.75, 3.05) is 5.32 Å². The van der Waals surface area contributed by atoms with Gasteiger partial charge >= 0.3 is 0 Å². The van der Waals surface area contributed by atoms with Crippen LogP contribution in [0.4, 0.5) is 5.82 Å². The van der Waals surface area contributed by atoms with Crippen molar-refractivity contribution in [3.63, 3.8) is 0 Å². The topological polar surface area (TPSA) is 37.8 Å². The first kappa shape index (κ1) is 12.1. The Morgan fingerprint density at radius 1 is 1.29 bits per heavy atom. The van der Waals surface area contributed by atoms with E-state index in [0.717, 1.165) is 5.56 Å². The van der Waals surface area contributed by atoms with E-state index in [9.17, 15) is 0 Å². The van der Waals surface area contributed by atoms with Crippen LogP contribution >= 0.6 is 23.2 Å². The van der Waals surface area contributed by atoms with Crippen molar-refractivity contribution < 1.29 is 0 Å². The van der Waals surface area contributed by atoms with Crippen LogP contribution in [0.5, 0.6) is 0 Å². The predicted molar refractivity (Wildman–Crippen MR) is 70.6 cm³/mol. The van der Waals surface area contributed by atoms with Gasteiger partial charge in [0.25, 0.3) is 0 Å². The van der Waals surface area contributed by atoms with Gasteiger partial charge in [-0.05, 0) is 24.1 Å². The van der Waals surface area contributed by atoms with Crippen LogP contribution < -0.4 is 5.32 Å². The Labute approximate surface area is 110 Å². The van der Waals surface area contributed by atoms with Crippen molar-refractivity contribution in [3.8, 4) is 0 Å². The van der Waals surface area contributed by atoms with Gasteiger partial charge < -0.3 is 5.32 Å². The monoisotopic (exact) mass is 267 g/mol. The summed E-state index contributed by atoms with van der Waals surface area (Å²) in [5, 5.41) is 3.77. The molecule has 2 aromatic rings. The molecule has 0 amide bonds. The van der Waals surface area contributed by atoms with E-state index in [1.54, 1.807) is 0 Å². The van der Waals surface area contributed by atoms with E-state index in [0.29, 0.717) is 17.4 Å². The van der Waals surface area contributed by atoms with Gasteiger partial charge in [0.1, 0.15) is 10.8 Å². The summed E-state index contributed by atoms with van der Waals surface area (Å²) < 4.78 is 0. The predicted octanol–water partition coefficient (Wildman–Crippen LogP) is 3.70. The number of benzene rings is 1. The number of hydrogen-bond acceptors (Lipinski definition) is 3. The Morgan fingerprint density at radius 2 is 2.12 bits per heavy atom. The third-order valence-electron chi connectivity index (χ3n) is 2.26. The molecule has 1 aromatic heterocycles. The zero-order valence-corrected chi connectivity index (χ0v) is 10.8.